The predicted molar refractivity (Wildman–Crippen MR) is 69.2 cm³/mol. The monoisotopic (exact) mass is 281 g/mol. The van der Waals surface area contributed by atoms with Crippen LogP contribution in [-0.2, 0) is 4.79 Å². The molecule has 1 N–H and O–H groups in total. The second-order valence-corrected chi connectivity index (χ2v) is 4.79. The molecule has 6 heteroatoms. The predicted octanol–water partition coefficient (Wildman–Crippen LogP) is 1.77. The van der Waals surface area contributed by atoms with Crippen LogP contribution in [0.4, 0.5) is 4.39 Å². The van der Waals surface area contributed by atoms with Crippen LogP contribution in [-0.4, -0.2) is 41.6 Å². The molecule has 1 aliphatic rings. The molecule has 1 aromatic rings. The highest BCUT2D eigenvalue weighted by molar-refractivity contribution is 5.95. The van der Waals surface area contributed by atoms with Gasteiger partial charge in [-0.15, -0.1) is 0 Å². The third-order valence-electron chi connectivity index (χ3n) is 3.75. The number of hydrogen-bond donors (Lipinski definition) is 1. The third-order valence-corrected chi connectivity index (χ3v) is 3.75. The van der Waals surface area contributed by atoms with Gasteiger partial charge in [-0.1, -0.05) is 6.07 Å². The molecule has 0 bridgehead atoms. The molecule has 2 unspecified atom stereocenters. The Morgan fingerprint density at radius 2 is 2.15 bits per heavy atom. The van der Waals surface area contributed by atoms with Crippen LogP contribution in [0.25, 0.3) is 0 Å². The van der Waals surface area contributed by atoms with Crippen molar-refractivity contribution in [3.8, 4) is 5.75 Å². The van der Waals surface area contributed by atoms with Gasteiger partial charge in [0.15, 0.2) is 11.6 Å². The number of likely N-dealkylation sites (tertiary alicyclic amines) is 1. The first-order valence-electron chi connectivity index (χ1n) is 6.33. The Morgan fingerprint density at radius 3 is 2.70 bits per heavy atom. The molecular weight excluding hydrogens is 265 g/mol. The average molecular weight is 281 g/mol. The Bertz CT molecular complexity index is 546. The van der Waals surface area contributed by atoms with E-state index in [0.717, 1.165) is 0 Å². The van der Waals surface area contributed by atoms with Gasteiger partial charge in [-0.2, -0.15) is 0 Å². The number of carboxylic acids is 1. The number of carboxylic acid groups (broad SMARTS) is 1. The number of aliphatic carboxylic acids is 1. The quantitative estimate of drug-likeness (QED) is 0.917. The van der Waals surface area contributed by atoms with Crippen molar-refractivity contribution in [3.63, 3.8) is 0 Å². The minimum atomic E-state index is -0.932. The molecule has 1 fully saturated rings. The van der Waals surface area contributed by atoms with E-state index in [1.165, 1.54) is 30.2 Å². The van der Waals surface area contributed by atoms with E-state index >= 15 is 0 Å². The lowest BCUT2D eigenvalue weighted by atomic mass is 10.0. The second kappa shape index (κ2) is 5.48. The van der Waals surface area contributed by atoms with Gasteiger partial charge in [0.1, 0.15) is 0 Å². The smallest absolute Gasteiger partial charge is 0.308 e. The summed E-state index contributed by atoms with van der Waals surface area (Å²) in [4.78, 5) is 24.8. The van der Waals surface area contributed by atoms with Gasteiger partial charge in [0.25, 0.3) is 5.91 Å². The van der Waals surface area contributed by atoms with E-state index in [2.05, 4.69) is 0 Å². The summed E-state index contributed by atoms with van der Waals surface area (Å²) in [7, 11) is 1.33. The molecule has 1 heterocycles. The van der Waals surface area contributed by atoms with Gasteiger partial charge < -0.3 is 14.7 Å². The molecular formula is C14H16FNO4. The molecule has 1 aliphatic heterocycles. The molecule has 0 saturated carbocycles. The third kappa shape index (κ3) is 2.33. The number of benzene rings is 1. The first-order chi connectivity index (χ1) is 9.47. The summed E-state index contributed by atoms with van der Waals surface area (Å²) >= 11 is 0. The van der Waals surface area contributed by atoms with E-state index in [-0.39, 0.29) is 11.3 Å². The summed E-state index contributed by atoms with van der Waals surface area (Å²) in [5.74, 6) is -2.76. The molecule has 20 heavy (non-hydrogen) atoms. The number of amides is 1. The van der Waals surface area contributed by atoms with Gasteiger partial charge in [-0.25, -0.2) is 4.39 Å². The van der Waals surface area contributed by atoms with Crippen LogP contribution in [0, 0.1) is 11.7 Å². The SMILES string of the molecule is COc1cccc(C(=O)N2CCC(C(=O)O)C2C)c1F. The highest BCUT2D eigenvalue weighted by Gasteiger charge is 2.39. The van der Waals surface area contributed by atoms with Gasteiger partial charge in [0, 0.05) is 12.6 Å². The number of ether oxygens (including phenoxy) is 1. The summed E-state index contributed by atoms with van der Waals surface area (Å²) in [6, 6.07) is 3.89. The van der Waals surface area contributed by atoms with E-state index in [1.807, 2.05) is 0 Å². The average Bonchev–Trinajstić information content (AvgIpc) is 2.80. The van der Waals surface area contributed by atoms with Crippen molar-refractivity contribution in [2.75, 3.05) is 13.7 Å². The Hall–Kier alpha value is -2.11. The van der Waals surface area contributed by atoms with Crippen LogP contribution in [0.1, 0.15) is 23.7 Å². The molecule has 108 valence electrons. The van der Waals surface area contributed by atoms with Crippen LogP contribution >= 0.6 is 0 Å². The maximum Gasteiger partial charge on any atom is 0.308 e. The number of carbonyl (C=O) groups is 2. The lowest BCUT2D eigenvalue weighted by molar-refractivity contribution is -0.142. The zero-order valence-corrected chi connectivity index (χ0v) is 11.3. The van der Waals surface area contributed by atoms with Gasteiger partial charge >= 0.3 is 5.97 Å². The lowest BCUT2D eigenvalue weighted by Crippen LogP contribution is -2.38. The van der Waals surface area contributed by atoms with Gasteiger partial charge in [0.2, 0.25) is 0 Å². The first kappa shape index (κ1) is 14.3. The van der Waals surface area contributed by atoms with Gasteiger partial charge in [-0.05, 0) is 25.5 Å². The van der Waals surface area contributed by atoms with Crippen molar-refractivity contribution in [2.24, 2.45) is 5.92 Å². The fourth-order valence-electron chi connectivity index (χ4n) is 2.54. The van der Waals surface area contributed by atoms with Crippen LogP contribution < -0.4 is 4.74 Å². The van der Waals surface area contributed by atoms with Gasteiger partial charge in [-0.3, -0.25) is 9.59 Å². The molecule has 2 atom stereocenters. The molecule has 2 rings (SSSR count). The Kier molecular flexibility index (Phi) is 3.92. The van der Waals surface area contributed by atoms with Crippen molar-refractivity contribution in [1.29, 1.82) is 0 Å². The van der Waals surface area contributed by atoms with E-state index in [1.54, 1.807) is 6.92 Å². The summed E-state index contributed by atoms with van der Waals surface area (Å²) in [5, 5.41) is 9.06. The Labute approximate surface area is 116 Å². The zero-order valence-electron chi connectivity index (χ0n) is 11.3. The van der Waals surface area contributed by atoms with Gasteiger partial charge in [0.05, 0.1) is 18.6 Å². The number of methoxy groups -OCH3 is 1. The van der Waals surface area contributed by atoms with Crippen molar-refractivity contribution in [2.45, 2.75) is 19.4 Å². The fraction of sp³-hybridized carbons (Fsp3) is 0.429. The summed E-state index contributed by atoms with van der Waals surface area (Å²) < 4.78 is 18.9. The van der Waals surface area contributed by atoms with E-state index < -0.39 is 29.7 Å². The molecule has 0 aliphatic carbocycles. The standard InChI is InChI=1S/C14H16FNO4/c1-8-9(14(18)19)6-7-16(8)13(17)10-4-3-5-11(20-2)12(10)15/h3-5,8-9H,6-7H2,1-2H3,(H,18,19). The molecule has 1 saturated heterocycles. The maximum atomic E-state index is 14.1. The number of hydrogen-bond acceptors (Lipinski definition) is 3. The zero-order chi connectivity index (χ0) is 14.9. The molecule has 0 spiro atoms. The fourth-order valence-corrected chi connectivity index (χ4v) is 2.54. The maximum absolute atomic E-state index is 14.1. The Balaban J connectivity index is 2.27. The van der Waals surface area contributed by atoms with Crippen LogP contribution in [0.5, 0.6) is 5.75 Å². The van der Waals surface area contributed by atoms with E-state index in [0.29, 0.717) is 13.0 Å². The number of carbonyl (C=O) groups excluding carboxylic acids is 1. The Morgan fingerprint density at radius 1 is 1.45 bits per heavy atom. The highest BCUT2D eigenvalue weighted by atomic mass is 19.1. The first-order valence-corrected chi connectivity index (χ1v) is 6.33. The molecule has 1 amide bonds. The second-order valence-electron chi connectivity index (χ2n) is 4.79. The van der Waals surface area contributed by atoms with Crippen LogP contribution in [0.15, 0.2) is 18.2 Å². The van der Waals surface area contributed by atoms with Crippen molar-refractivity contribution in [1.82, 2.24) is 4.90 Å². The van der Waals surface area contributed by atoms with Crippen LogP contribution in [0.2, 0.25) is 0 Å². The van der Waals surface area contributed by atoms with Crippen molar-refractivity contribution < 1.29 is 23.8 Å². The van der Waals surface area contributed by atoms with Crippen molar-refractivity contribution in [3.05, 3.63) is 29.6 Å². The normalized spacial score (nSPS) is 21.9. The highest BCUT2D eigenvalue weighted by Crippen LogP contribution is 2.28. The van der Waals surface area contributed by atoms with E-state index in [4.69, 9.17) is 9.84 Å². The van der Waals surface area contributed by atoms with E-state index in [9.17, 15) is 14.0 Å². The summed E-state index contributed by atoms with van der Waals surface area (Å²) in [6.07, 6.45) is 0.383. The number of rotatable bonds is 3. The molecule has 0 radical (unpaired) electrons. The molecule has 0 aromatic heterocycles. The number of halogens is 1. The minimum Gasteiger partial charge on any atom is -0.494 e. The largest absolute Gasteiger partial charge is 0.494 e. The molecule has 5 nitrogen and oxygen atoms in total. The minimum absolute atomic E-state index is 0.00233. The van der Waals surface area contributed by atoms with Crippen LogP contribution in [0.3, 0.4) is 0 Å². The topological polar surface area (TPSA) is 66.8 Å². The number of nitrogens with zero attached hydrogens (tertiary/aromatic N) is 1. The lowest BCUT2D eigenvalue weighted by Gasteiger charge is -2.23. The van der Waals surface area contributed by atoms with Crippen molar-refractivity contribution >= 4 is 11.9 Å². The molecule has 1 aromatic carbocycles. The summed E-state index contributed by atoms with van der Waals surface area (Å²) in [6.45, 7) is 1.98. The summed E-state index contributed by atoms with van der Waals surface area (Å²) in [5.41, 5.74) is -0.0951.